The van der Waals surface area contributed by atoms with Gasteiger partial charge in [0, 0.05) is 12.8 Å². The van der Waals surface area contributed by atoms with E-state index in [1.54, 1.807) is 0 Å². The van der Waals surface area contributed by atoms with Crippen LogP contribution in [0.5, 0.6) is 0 Å². The van der Waals surface area contributed by atoms with Crippen molar-refractivity contribution in [3.05, 3.63) is 35.4 Å². The van der Waals surface area contributed by atoms with Gasteiger partial charge in [0.15, 0.2) is 19.7 Å². The van der Waals surface area contributed by atoms with Crippen LogP contribution in [0, 0.1) is 0 Å². The van der Waals surface area contributed by atoms with E-state index in [1.165, 1.54) is 24.3 Å². The maximum Gasteiger partial charge on any atom is 0.303 e. The van der Waals surface area contributed by atoms with Crippen LogP contribution in [0.15, 0.2) is 24.3 Å². The number of carbonyl (C=O) groups is 2. The van der Waals surface area contributed by atoms with Crippen molar-refractivity contribution in [1.82, 2.24) is 0 Å². The van der Waals surface area contributed by atoms with E-state index in [-0.39, 0.29) is 48.7 Å². The van der Waals surface area contributed by atoms with Crippen LogP contribution in [-0.4, -0.2) is 50.5 Å². The average Bonchev–Trinajstić information content (AvgIpc) is 2.47. The number of hydrogen-bond donors (Lipinski definition) is 2. The van der Waals surface area contributed by atoms with Crippen molar-refractivity contribution < 1.29 is 36.6 Å². The lowest BCUT2D eigenvalue weighted by Crippen LogP contribution is -2.12. The molecule has 26 heavy (non-hydrogen) atoms. The van der Waals surface area contributed by atoms with Crippen LogP contribution in [0.3, 0.4) is 0 Å². The normalized spacial score (nSPS) is 12.0. The molecule has 0 heterocycles. The van der Waals surface area contributed by atoms with Crippen molar-refractivity contribution in [3.8, 4) is 0 Å². The first-order valence-corrected chi connectivity index (χ1v) is 11.6. The van der Waals surface area contributed by atoms with Gasteiger partial charge in [-0.1, -0.05) is 24.3 Å². The minimum atomic E-state index is -3.44. The van der Waals surface area contributed by atoms with E-state index in [9.17, 15) is 26.4 Å². The van der Waals surface area contributed by atoms with Crippen molar-refractivity contribution in [2.75, 3.05) is 11.5 Å². The summed E-state index contributed by atoms with van der Waals surface area (Å²) in [6.45, 7) is 0. The van der Waals surface area contributed by atoms with Gasteiger partial charge in [0.05, 0.1) is 23.0 Å². The third-order valence-corrected chi connectivity index (χ3v) is 6.86. The van der Waals surface area contributed by atoms with E-state index in [2.05, 4.69) is 0 Å². The largest absolute Gasteiger partial charge is 0.481 e. The van der Waals surface area contributed by atoms with Crippen LogP contribution >= 0.6 is 0 Å². The Morgan fingerprint density at radius 2 is 1.00 bits per heavy atom. The molecule has 2 N–H and O–H groups in total. The van der Waals surface area contributed by atoms with Gasteiger partial charge in [0.1, 0.15) is 0 Å². The van der Waals surface area contributed by atoms with E-state index in [1.807, 2.05) is 0 Å². The monoisotopic (exact) mass is 406 g/mol. The summed E-state index contributed by atoms with van der Waals surface area (Å²) in [6, 6.07) is 6.10. The first kappa shape index (κ1) is 22.1. The summed E-state index contributed by atoms with van der Waals surface area (Å²) in [4.78, 5) is 20.8. The Hall–Kier alpha value is -1.94. The number of sulfone groups is 2. The SMILES string of the molecule is O=C(O)CCCS(=O)(=O)Cc1ccc(CS(=O)(=O)CCCC(=O)O)cc1. The third kappa shape index (κ3) is 9.52. The zero-order chi connectivity index (χ0) is 19.8. The molecular formula is C16H22O8S2. The summed E-state index contributed by atoms with van der Waals surface area (Å²) in [5, 5.41) is 17.1. The highest BCUT2D eigenvalue weighted by Gasteiger charge is 2.15. The van der Waals surface area contributed by atoms with Crippen molar-refractivity contribution in [1.29, 1.82) is 0 Å². The highest BCUT2D eigenvalue weighted by atomic mass is 32.2. The Morgan fingerprint density at radius 3 is 1.27 bits per heavy atom. The molecular weight excluding hydrogens is 384 g/mol. The fourth-order valence-electron chi connectivity index (χ4n) is 2.27. The minimum Gasteiger partial charge on any atom is -0.481 e. The number of aliphatic carboxylic acids is 2. The Kier molecular flexibility index (Phi) is 8.22. The van der Waals surface area contributed by atoms with Crippen LogP contribution < -0.4 is 0 Å². The van der Waals surface area contributed by atoms with Crippen LogP contribution in [-0.2, 0) is 40.8 Å². The summed E-state index contributed by atoms with van der Waals surface area (Å²) in [6.07, 6.45) is -0.329. The van der Waals surface area contributed by atoms with Crippen LogP contribution in [0.2, 0.25) is 0 Å². The molecule has 1 rings (SSSR count). The van der Waals surface area contributed by atoms with Gasteiger partial charge in [-0.2, -0.15) is 0 Å². The fourth-order valence-corrected chi connectivity index (χ4v) is 5.13. The van der Waals surface area contributed by atoms with E-state index < -0.39 is 31.6 Å². The number of benzene rings is 1. The second-order valence-corrected chi connectivity index (χ2v) is 10.4. The van der Waals surface area contributed by atoms with Gasteiger partial charge < -0.3 is 10.2 Å². The van der Waals surface area contributed by atoms with Gasteiger partial charge in [-0.25, -0.2) is 16.8 Å². The molecule has 0 aromatic heterocycles. The molecule has 0 spiro atoms. The van der Waals surface area contributed by atoms with Crippen molar-refractivity contribution in [2.24, 2.45) is 0 Å². The van der Waals surface area contributed by atoms with Crippen LogP contribution in [0.25, 0.3) is 0 Å². The number of rotatable bonds is 12. The Bertz CT molecular complexity index is 753. The van der Waals surface area contributed by atoms with Gasteiger partial charge in [-0.3, -0.25) is 9.59 Å². The maximum atomic E-state index is 11.9. The highest BCUT2D eigenvalue weighted by Crippen LogP contribution is 2.13. The van der Waals surface area contributed by atoms with Gasteiger partial charge in [0.25, 0.3) is 0 Å². The quantitative estimate of drug-likeness (QED) is 0.528. The second-order valence-electron chi connectivity index (χ2n) is 6.00. The summed E-state index contributed by atoms with van der Waals surface area (Å²) < 4.78 is 47.7. The standard InChI is InChI=1S/C16H22O8S2/c17-15(18)3-1-9-25(21,22)11-13-5-7-14(8-6-13)12-26(23,24)10-2-4-16(19)20/h5-8H,1-4,9-12H2,(H,17,18)(H,19,20). The molecule has 1 aromatic carbocycles. The molecule has 8 nitrogen and oxygen atoms in total. The molecule has 1 aromatic rings. The first-order valence-electron chi connectivity index (χ1n) is 7.91. The van der Waals surface area contributed by atoms with Crippen molar-refractivity contribution in [2.45, 2.75) is 37.2 Å². The van der Waals surface area contributed by atoms with Gasteiger partial charge in [0.2, 0.25) is 0 Å². The number of hydrogen-bond acceptors (Lipinski definition) is 6. The zero-order valence-corrected chi connectivity index (χ0v) is 15.8. The predicted molar refractivity (Wildman–Crippen MR) is 95.2 cm³/mol. The second kappa shape index (κ2) is 9.67. The van der Waals surface area contributed by atoms with Crippen LogP contribution in [0.1, 0.15) is 36.8 Å². The number of carboxylic acids is 2. The Morgan fingerprint density at radius 1 is 0.692 bits per heavy atom. The zero-order valence-electron chi connectivity index (χ0n) is 14.1. The van der Waals surface area contributed by atoms with Gasteiger partial charge in [-0.05, 0) is 24.0 Å². The predicted octanol–water partition coefficient (Wildman–Crippen LogP) is 1.25. The Labute approximate surface area is 152 Å². The average molecular weight is 406 g/mol. The molecule has 0 fully saturated rings. The fraction of sp³-hybridized carbons (Fsp3) is 0.500. The van der Waals surface area contributed by atoms with Crippen molar-refractivity contribution in [3.63, 3.8) is 0 Å². The number of carboxylic acid groups (broad SMARTS) is 2. The molecule has 0 bridgehead atoms. The molecule has 0 amide bonds. The van der Waals surface area contributed by atoms with E-state index >= 15 is 0 Å². The van der Waals surface area contributed by atoms with E-state index in [0.717, 1.165) is 0 Å². The molecule has 0 saturated carbocycles. The lowest BCUT2D eigenvalue weighted by molar-refractivity contribution is -0.138. The summed E-state index contributed by atoms with van der Waals surface area (Å²) in [5.41, 5.74) is 0.986. The smallest absolute Gasteiger partial charge is 0.303 e. The van der Waals surface area contributed by atoms with E-state index in [4.69, 9.17) is 10.2 Å². The molecule has 0 unspecified atom stereocenters. The summed E-state index contributed by atoms with van der Waals surface area (Å²) >= 11 is 0. The molecule has 0 aliphatic heterocycles. The van der Waals surface area contributed by atoms with Crippen LogP contribution in [0.4, 0.5) is 0 Å². The maximum absolute atomic E-state index is 11.9. The molecule has 0 radical (unpaired) electrons. The van der Waals surface area contributed by atoms with Crippen molar-refractivity contribution >= 4 is 31.6 Å². The summed E-state index contributed by atoms with van der Waals surface area (Å²) in [5.74, 6) is -3.02. The molecule has 0 atom stereocenters. The summed E-state index contributed by atoms with van der Waals surface area (Å²) in [7, 11) is -6.87. The molecule has 0 saturated heterocycles. The topological polar surface area (TPSA) is 143 Å². The molecule has 0 aliphatic carbocycles. The third-order valence-electron chi connectivity index (χ3n) is 3.49. The lowest BCUT2D eigenvalue weighted by Gasteiger charge is -2.07. The first-order chi connectivity index (χ1) is 12.0. The van der Waals surface area contributed by atoms with Gasteiger partial charge in [-0.15, -0.1) is 0 Å². The van der Waals surface area contributed by atoms with Gasteiger partial charge >= 0.3 is 11.9 Å². The molecule has 10 heteroatoms. The lowest BCUT2D eigenvalue weighted by atomic mass is 10.2. The Balaban J connectivity index is 2.60. The minimum absolute atomic E-state index is 0.0460. The highest BCUT2D eigenvalue weighted by molar-refractivity contribution is 7.90. The molecule has 0 aliphatic rings. The van der Waals surface area contributed by atoms with E-state index in [0.29, 0.717) is 11.1 Å². The molecule has 146 valence electrons.